The molecule has 0 unspecified atom stereocenters. The van der Waals surface area contributed by atoms with Crippen molar-refractivity contribution >= 4 is 16.9 Å². The molecule has 1 aromatic carbocycles. The van der Waals surface area contributed by atoms with Crippen LogP contribution in [0.15, 0.2) is 28.9 Å². The van der Waals surface area contributed by atoms with Crippen LogP contribution in [0, 0.1) is 0 Å². The van der Waals surface area contributed by atoms with Crippen LogP contribution in [0.1, 0.15) is 15.9 Å². The molecule has 15 heavy (non-hydrogen) atoms. The van der Waals surface area contributed by atoms with Crippen LogP contribution in [0.25, 0.3) is 11.0 Å². The summed E-state index contributed by atoms with van der Waals surface area (Å²) in [5.41, 5.74) is 1.57. The lowest BCUT2D eigenvalue weighted by atomic mass is 10.1. The standard InChI is InChI=1S/C11H10O4/c1-14-5-7-6-15-9-4-2-3-8(10(7)9)11(12)13/h2-4,6H,5H2,1H3,(H,12,13). The molecular weight excluding hydrogens is 196 g/mol. The van der Waals surface area contributed by atoms with Crippen LogP contribution in [0.3, 0.4) is 0 Å². The smallest absolute Gasteiger partial charge is 0.336 e. The van der Waals surface area contributed by atoms with Gasteiger partial charge in [0.1, 0.15) is 5.58 Å². The molecule has 2 aromatic rings. The fourth-order valence-corrected chi connectivity index (χ4v) is 1.59. The van der Waals surface area contributed by atoms with Gasteiger partial charge in [-0.15, -0.1) is 0 Å². The van der Waals surface area contributed by atoms with Gasteiger partial charge in [0.05, 0.1) is 18.4 Å². The van der Waals surface area contributed by atoms with E-state index in [4.69, 9.17) is 14.3 Å². The second-order valence-corrected chi connectivity index (χ2v) is 3.18. The van der Waals surface area contributed by atoms with Crippen molar-refractivity contribution in [2.24, 2.45) is 0 Å². The molecule has 2 rings (SSSR count). The molecule has 1 heterocycles. The average Bonchev–Trinajstić information content (AvgIpc) is 2.62. The first-order chi connectivity index (χ1) is 7.24. The van der Waals surface area contributed by atoms with E-state index >= 15 is 0 Å². The van der Waals surface area contributed by atoms with Crippen molar-refractivity contribution in [1.29, 1.82) is 0 Å². The van der Waals surface area contributed by atoms with Crippen LogP contribution in [-0.4, -0.2) is 18.2 Å². The number of fused-ring (bicyclic) bond motifs is 1. The highest BCUT2D eigenvalue weighted by Gasteiger charge is 2.14. The first-order valence-corrected chi connectivity index (χ1v) is 4.45. The van der Waals surface area contributed by atoms with Crippen LogP contribution < -0.4 is 0 Å². The quantitative estimate of drug-likeness (QED) is 0.836. The van der Waals surface area contributed by atoms with E-state index in [1.807, 2.05) is 0 Å². The predicted octanol–water partition coefficient (Wildman–Crippen LogP) is 2.28. The third-order valence-corrected chi connectivity index (χ3v) is 2.21. The number of rotatable bonds is 3. The van der Waals surface area contributed by atoms with Crippen LogP contribution in [0.2, 0.25) is 0 Å². The third kappa shape index (κ3) is 1.59. The fraction of sp³-hybridized carbons (Fsp3) is 0.182. The maximum atomic E-state index is 11.0. The van der Waals surface area contributed by atoms with Gasteiger partial charge in [0.25, 0.3) is 0 Å². The number of hydrogen-bond donors (Lipinski definition) is 1. The minimum Gasteiger partial charge on any atom is -0.478 e. The Bertz CT molecular complexity index is 498. The number of carboxylic acids is 1. The average molecular weight is 206 g/mol. The maximum absolute atomic E-state index is 11.0. The fourth-order valence-electron chi connectivity index (χ4n) is 1.59. The van der Waals surface area contributed by atoms with Gasteiger partial charge in [-0.3, -0.25) is 0 Å². The van der Waals surface area contributed by atoms with Crippen LogP contribution in [-0.2, 0) is 11.3 Å². The summed E-state index contributed by atoms with van der Waals surface area (Å²) in [4.78, 5) is 11.0. The third-order valence-electron chi connectivity index (χ3n) is 2.21. The molecule has 0 saturated heterocycles. The van der Waals surface area contributed by atoms with Gasteiger partial charge in [-0.05, 0) is 12.1 Å². The molecule has 4 nitrogen and oxygen atoms in total. The molecular formula is C11H10O4. The molecule has 0 atom stereocenters. The summed E-state index contributed by atoms with van der Waals surface area (Å²) in [5.74, 6) is -0.959. The van der Waals surface area contributed by atoms with Gasteiger partial charge in [0.2, 0.25) is 0 Å². The molecule has 0 fully saturated rings. The number of carbonyl (C=O) groups is 1. The highest BCUT2D eigenvalue weighted by Crippen LogP contribution is 2.25. The number of methoxy groups -OCH3 is 1. The largest absolute Gasteiger partial charge is 0.478 e. The summed E-state index contributed by atoms with van der Waals surface area (Å²) in [6, 6.07) is 4.95. The predicted molar refractivity (Wildman–Crippen MR) is 53.9 cm³/mol. The number of carboxylic acid groups (broad SMARTS) is 1. The first-order valence-electron chi connectivity index (χ1n) is 4.45. The zero-order valence-corrected chi connectivity index (χ0v) is 8.19. The number of ether oxygens (including phenoxy) is 1. The Kier molecular flexibility index (Phi) is 2.43. The Labute approximate surface area is 86.1 Å². The van der Waals surface area contributed by atoms with Crippen molar-refractivity contribution in [3.8, 4) is 0 Å². The zero-order valence-electron chi connectivity index (χ0n) is 8.19. The number of aromatic carboxylic acids is 1. The lowest BCUT2D eigenvalue weighted by Crippen LogP contribution is -1.98. The van der Waals surface area contributed by atoms with Gasteiger partial charge in [-0.2, -0.15) is 0 Å². The second-order valence-electron chi connectivity index (χ2n) is 3.18. The van der Waals surface area contributed by atoms with E-state index < -0.39 is 5.97 Å². The lowest BCUT2D eigenvalue weighted by molar-refractivity contribution is 0.0699. The summed E-state index contributed by atoms with van der Waals surface area (Å²) in [7, 11) is 1.56. The summed E-state index contributed by atoms with van der Waals surface area (Å²) in [6.45, 7) is 0.345. The lowest BCUT2D eigenvalue weighted by Gasteiger charge is -1.99. The summed E-state index contributed by atoms with van der Waals surface area (Å²) >= 11 is 0. The number of benzene rings is 1. The van der Waals surface area contributed by atoms with Crippen LogP contribution in [0.4, 0.5) is 0 Å². The van der Waals surface area contributed by atoms with E-state index in [1.165, 1.54) is 6.26 Å². The zero-order chi connectivity index (χ0) is 10.8. The first kappa shape index (κ1) is 9.73. The van der Waals surface area contributed by atoms with Crippen molar-refractivity contribution in [2.75, 3.05) is 7.11 Å². The molecule has 1 aromatic heterocycles. The molecule has 4 heteroatoms. The minimum absolute atomic E-state index is 0.244. The van der Waals surface area contributed by atoms with Gasteiger partial charge >= 0.3 is 5.97 Å². The van der Waals surface area contributed by atoms with E-state index in [1.54, 1.807) is 25.3 Å². The monoisotopic (exact) mass is 206 g/mol. The molecule has 0 bridgehead atoms. The Morgan fingerprint density at radius 3 is 3.00 bits per heavy atom. The van der Waals surface area contributed by atoms with Gasteiger partial charge in [-0.25, -0.2) is 4.79 Å². The molecule has 0 radical (unpaired) electrons. The van der Waals surface area contributed by atoms with Crippen molar-refractivity contribution in [3.05, 3.63) is 35.6 Å². The molecule has 0 saturated carbocycles. The molecule has 78 valence electrons. The van der Waals surface area contributed by atoms with Crippen LogP contribution >= 0.6 is 0 Å². The SMILES string of the molecule is COCc1coc2cccc(C(=O)O)c12. The number of furan rings is 1. The Balaban J connectivity index is 2.69. The van der Waals surface area contributed by atoms with Crippen molar-refractivity contribution < 1.29 is 19.1 Å². The Hall–Kier alpha value is -1.81. The van der Waals surface area contributed by atoms with Crippen molar-refractivity contribution in [2.45, 2.75) is 6.61 Å². The molecule has 0 amide bonds. The van der Waals surface area contributed by atoms with E-state index in [9.17, 15) is 4.79 Å². The van der Waals surface area contributed by atoms with E-state index in [-0.39, 0.29) is 5.56 Å². The number of hydrogen-bond acceptors (Lipinski definition) is 3. The van der Waals surface area contributed by atoms with Gasteiger partial charge in [-0.1, -0.05) is 6.07 Å². The summed E-state index contributed by atoms with van der Waals surface area (Å²) in [6.07, 6.45) is 1.53. The van der Waals surface area contributed by atoms with Gasteiger partial charge in [0.15, 0.2) is 0 Å². The Morgan fingerprint density at radius 2 is 2.33 bits per heavy atom. The van der Waals surface area contributed by atoms with E-state index in [0.717, 1.165) is 5.56 Å². The van der Waals surface area contributed by atoms with E-state index in [2.05, 4.69) is 0 Å². The van der Waals surface area contributed by atoms with Crippen molar-refractivity contribution in [3.63, 3.8) is 0 Å². The molecule has 0 aliphatic carbocycles. The molecule has 1 N–H and O–H groups in total. The van der Waals surface area contributed by atoms with Gasteiger partial charge in [0, 0.05) is 18.1 Å². The molecule has 0 aliphatic heterocycles. The molecule has 0 spiro atoms. The highest BCUT2D eigenvalue weighted by molar-refractivity contribution is 6.03. The van der Waals surface area contributed by atoms with Crippen molar-refractivity contribution in [1.82, 2.24) is 0 Å². The Morgan fingerprint density at radius 1 is 1.53 bits per heavy atom. The van der Waals surface area contributed by atoms with Gasteiger partial charge < -0.3 is 14.3 Å². The minimum atomic E-state index is -0.959. The maximum Gasteiger partial charge on any atom is 0.336 e. The van der Waals surface area contributed by atoms with Crippen LogP contribution in [0.5, 0.6) is 0 Å². The summed E-state index contributed by atoms with van der Waals surface area (Å²) < 4.78 is 10.2. The van der Waals surface area contributed by atoms with E-state index in [0.29, 0.717) is 17.6 Å². The highest BCUT2D eigenvalue weighted by atomic mass is 16.5. The summed E-state index contributed by atoms with van der Waals surface area (Å²) in [5, 5.41) is 9.63. The molecule has 0 aliphatic rings. The second kappa shape index (κ2) is 3.74. The normalized spacial score (nSPS) is 10.7. The topological polar surface area (TPSA) is 59.7 Å².